The van der Waals surface area contributed by atoms with E-state index in [1.54, 1.807) is 6.07 Å². The Balaban J connectivity index is 2.27. The Kier molecular flexibility index (Phi) is 3.02. The van der Waals surface area contributed by atoms with Gasteiger partial charge in [0.15, 0.2) is 0 Å². The van der Waals surface area contributed by atoms with Gasteiger partial charge in [-0.05, 0) is 35.7 Å². The molecular weight excluding hydrogens is 220 g/mol. The molecule has 3 heteroatoms. The normalized spacial score (nSPS) is 10.3. The van der Waals surface area contributed by atoms with Gasteiger partial charge in [0, 0.05) is 5.02 Å². The van der Waals surface area contributed by atoms with Gasteiger partial charge in [0.2, 0.25) is 0 Å². The molecule has 2 aromatic carbocycles. The fourth-order valence-corrected chi connectivity index (χ4v) is 1.74. The van der Waals surface area contributed by atoms with Crippen molar-refractivity contribution >= 4 is 23.0 Å². The molecule has 0 amide bonds. The standard InChI is InChI=1S/C13H13ClN2/c14-11-6-4-9(5-7-11)8-10-2-1-3-12(15)13(10)16/h1-7H,8,15-16H2. The van der Waals surface area contributed by atoms with E-state index < -0.39 is 0 Å². The van der Waals surface area contributed by atoms with Crippen LogP contribution in [-0.4, -0.2) is 0 Å². The largest absolute Gasteiger partial charge is 0.397 e. The summed E-state index contributed by atoms with van der Waals surface area (Å²) < 4.78 is 0. The van der Waals surface area contributed by atoms with Crippen molar-refractivity contribution in [1.82, 2.24) is 0 Å². The van der Waals surface area contributed by atoms with Gasteiger partial charge in [0.1, 0.15) is 0 Å². The minimum Gasteiger partial charge on any atom is -0.397 e. The van der Waals surface area contributed by atoms with Gasteiger partial charge in [0.25, 0.3) is 0 Å². The molecule has 0 aromatic heterocycles. The van der Waals surface area contributed by atoms with Gasteiger partial charge in [0.05, 0.1) is 11.4 Å². The van der Waals surface area contributed by atoms with Crippen molar-refractivity contribution in [2.75, 3.05) is 11.5 Å². The molecule has 0 aliphatic rings. The second-order valence-corrected chi connectivity index (χ2v) is 4.16. The Hall–Kier alpha value is -1.67. The first-order valence-electron chi connectivity index (χ1n) is 5.04. The zero-order valence-corrected chi connectivity index (χ0v) is 9.54. The molecule has 0 aliphatic heterocycles. The van der Waals surface area contributed by atoms with Crippen LogP contribution >= 0.6 is 11.6 Å². The predicted molar refractivity (Wildman–Crippen MR) is 69.5 cm³/mol. The average Bonchev–Trinajstić information content (AvgIpc) is 2.28. The van der Waals surface area contributed by atoms with Crippen LogP contribution < -0.4 is 11.5 Å². The Morgan fingerprint density at radius 2 is 1.62 bits per heavy atom. The van der Waals surface area contributed by atoms with Gasteiger partial charge >= 0.3 is 0 Å². The van der Waals surface area contributed by atoms with Crippen LogP contribution in [0.2, 0.25) is 5.02 Å². The topological polar surface area (TPSA) is 52.0 Å². The highest BCUT2D eigenvalue weighted by Crippen LogP contribution is 2.22. The van der Waals surface area contributed by atoms with E-state index in [4.69, 9.17) is 23.1 Å². The molecule has 0 fully saturated rings. The van der Waals surface area contributed by atoms with Gasteiger partial charge in [-0.2, -0.15) is 0 Å². The maximum absolute atomic E-state index is 5.91. The summed E-state index contributed by atoms with van der Waals surface area (Å²) in [6.45, 7) is 0. The van der Waals surface area contributed by atoms with Crippen molar-refractivity contribution in [2.45, 2.75) is 6.42 Å². The molecule has 0 unspecified atom stereocenters. The van der Waals surface area contributed by atoms with Crippen LogP contribution in [0.1, 0.15) is 11.1 Å². The van der Waals surface area contributed by atoms with E-state index in [0.29, 0.717) is 11.4 Å². The molecule has 0 radical (unpaired) electrons. The van der Waals surface area contributed by atoms with E-state index in [1.807, 2.05) is 36.4 Å². The summed E-state index contributed by atoms with van der Waals surface area (Å²) in [6, 6.07) is 13.4. The highest BCUT2D eigenvalue weighted by atomic mass is 35.5. The number of hydrogen-bond donors (Lipinski definition) is 2. The lowest BCUT2D eigenvalue weighted by molar-refractivity contribution is 1.20. The Labute approximate surface area is 99.8 Å². The third-order valence-corrected chi connectivity index (χ3v) is 2.79. The lowest BCUT2D eigenvalue weighted by Crippen LogP contribution is -2.00. The monoisotopic (exact) mass is 232 g/mol. The van der Waals surface area contributed by atoms with Gasteiger partial charge in [-0.15, -0.1) is 0 Å². The summed E-state index contributed by atoms with van der Waals surface area (Å²) in [6.07, 6.45) is 0.772. The summed E-state index contributed by atoms with van der Waals surface area (Å²) in [7, 11) is 0. The minimum absolute atomic E-state index is 0.631. The van der Waals surface area contributed by atoms with Crippen molar-refractivity contribution < 1.29 is 0 Å². The van der Waals surface area contributed by atoms with Crippen LogP contribution in [0.15, 0.2) is 42.5 Å². The molecule has 82 valence electrons. The van der Waals surface area contributed by atoms with E-state index >= 15 is 0 Å². The number of anilines is 2. The van der Waals surface area contributed by atoms with E-state index in [-0.39, 0.29) is 0 Å². The van der Waals surface area contributed by atoms with Gasteiger partial charge in [-0.25, -0.2) is 0 Å². The van der Waals surface area contributed by atoms with Crippen molar-refractivity contribution in [3.05, 3.63) is 58.6 Å². The first-order chi connectivity index (χ1) is 7.66. The lowest BCUT2D eigenvalue weighted by Gasteiger charge is -2.08. The molecule has 0 saturated carbocycles. The zero-order chi connectivity index (χ0) is 11.5. The molecular formula is C13H13ClN2. The summed E-state index contributed by atoms with van der Waals surface area (Å²) >= 11 is 5.83. The fraction of sp³-hybridized carbons (Fsp3) is 0.0769. The maximum atomic E-state index is 5.91. The van der Waals surface area contributed by atoms with E-state index in [2.05, 4.69) is 0 Å². The molecule has 16 heavy (non-hydrogen) atoms. The first kappa shape index (κ1) is 10.8. The highest BCUT2D eigenvalue weighted by molar-refractivity contribution is 6.30. The number of benzene rings is 2. The summed E-state index contributed by atoms with van der Waals surface area (Å²) in [5, 5.41) is 0.740. The molecule has 0 saturated heterocycles. The Bertz CT molecular complexity index is 492. The van der Waals surface area contributed by atoms with Gasteiger partial charge < -0.3 is 11.5 Å². The number of para-hydroxylation sites is 1. The minimum atomic E-state index is 0.631. The number of rotatable bonds is 2. The van der Waals surface area contributed by atoms with Crippen LogP contribution in [0.5, 0.6) is 0 Å². The SMILES string of the molecule is Nc1cccc(Cc2ccc(Cl)cc2)c1N. The number of nitrogens with two attached hydrogens (primary N) is 2. The molecule has 0 aliphatic carbocycles. The van der Waals surface area contributed by atoms with Crippen LogP contribution in [0.3, 0.4) is 0 Å². The van der Waals surface area contributed by atoms with Crippen molar-refractivity contribution in [3.8, 4) is 0 Å². The number of halogens is 1. The molecule has 0 atom stereocenters. The average molecular weight is 233 g/mol. The van der Waals surface area contributed by atoms with Crippen LogP contribution in [0, 0.1) is 0 Å². The second-order valence-electron chi connectivity index (χ2n) is 3.72. The predicted octanol–water partition coefficient (Wildman–Crippen LogP) is 3.10. The van der Waals surface area contributed by atoms with Crippen LogP contribution in [0.4, 0.5) is 11.4 Å². The molecule has 0 bridgehead atoms. The zero-order valence-electron chi connectivity index (χ0n) is 8.78. The number of hydrogen-bond acceptors (Lipinski definition) is 2. The third-order valence-electron chi connectivity index (χ3n) is 2.54. The summed E-state index contributed by atoms with van der Waals surface area (Å²) in [5.74, 6) is 0. The number of nitrogen functional groups attached to an aromatic ring is 2. The third kappa shape index (κ3) is 2.28. The molecule has 2 rings (SSSR count). The smallest absolute Gasteiger partial charge is 0.0583 e. The molecule has 0 heterocycles. The second kappa shape index (κ2) is 4.45. The highest BCUT2D eigenvalue weighted by Gasteiger charge is 2.03. The summed E-state index contributed by atoms with van der Waals surface area (Å²) in [4.78, 5) is 0. The van der Waals surface area contributed by atoms with Crippen molar-refractivity contribution in [1.29, 1.82) is 0 Å². The Morgan fingerprint density at radius 1 is 0.938 bits per heavy atom. The van der Waals surface area contributed by atoms with Gasteiger partial charge in [-0.1, -0.05) is 35.9 Å². The fourth-order valence-electron chi connectivity index (χ4n) is 1.61. The molecule has 2 nitrogen and oxygen atoms in total. The lowest BCUT2D eigenvalue weighted by atomic mass is 10.0. The molecule has 4 N–H and O–H groups in total. The van der Waals surface area contributed by atoms with E-state index in [0.717, 1.165) is 17.0 Å². The first-order valence-corrected chi connectivity index (χ1v) is 5.42. The summed E-state index contributed by atoms with van der Waals surface area (Å²) in [5.41, 5.74) is 15.2. The van der Waals surface area contributed by atoms with Crippen molar-refractivity contribution in [3.63, 3.8) is 0 Å². The maximum Gasteiger partial charge on any atom is 0.0583 e. The van der Waals surface area contributed by atoms with E-state index in [1.165, 1.54) is 5.56 Å². The quantitative estimate of drug-likeness (QED) is 0.782. The van der Waals surface area contributed by atoms with E-state index in [9.17, 15) is 0 Å². The van der Waals surface area contributed by atoms with Gasteiger partial charge in [-0.3, -0.25) is 0 Å². The molecule has 2 aromatic rings. The van der Waals surface area contributed by atoms with Crippen molar-refractivity contribution in [2.24, 2.45) is 0 Å². The van der Waals surface area contributed by atoms with Crippen LogP contribution in [-0.2, 0) is 6.42 Å². The molecule has 0 spiro atoms. The Morgan fingerprint density at radius 3 is 2.31 bits per heavy atom. The van der Waals surface area contributed by atoms with Crippen LogP contribution in [0.25, 0.3) is 0 Å².